The summed E-state index contributed by atoms with van der Waals surface area (Å²) in [7, 11) is 0. The van der Waals surface area contributed by atoms with Gasteiger partial charge >= 0.3 is 6.18 Å². The zero-order chi connectivity index (χ0) is 13.9. The predicted molar refractivity (Wildman–Crippen MR) is 68.2 cm³/mol. The highest BCUT2D eigenvalue weighted by atomic mass is 19.4. The van der Waals surface area contributed by atoms with Crippen LogP contribution in [0.4, 0.5) is 13.2 Å². The van der Waals surface area contributed by atoms with Crippen molar-refractivity contribution in [2.45, 2.75) is 44.3 Å². The number of alkyl halides is 3. The molecule has 1 saturated carbocycles. The SMILES string of the molecule is NNC(Cc1cccc(C(F)(F)F)c1)CC1CCC1. The second-order valence-corrected chi connectivity index (χ2v) is 5.30. The third kappa shape index (κ3) is 3.94. The van der Waals surface area contributed by atoms with Gasteiger partial charge in [-0.05, 0) is 30.4 Å². The summed E-state index contributed by atoms with van der Waals surface area (Å²) in [4.78, 5) is 0. The fourth-order valence-corrected chi connectivity index (χ4v) is 2.50. The Morgan fingerprint density at radius 3 is 2.58 bits per heavy atom. The zero-order valence-electron chi connectivity index (χ0n) is 10.7. The van der Waals surface area contributed by atoms with Crippen molar-refractivity contribution in [3.8, 4) is 0 Å². The molecule has 1 aromatic rings. The minimum Gasteiger partial charge on any atom is -0.271 e. The molecule has 1 aromatic carbocycles. The lowest BCUT2D eigenvalue weighted by molar-refractivity contribution is -0.137. The van der Waals surface area contributed by atoms with Gasteiger partial charge in [0.2, 0.25) is 0 Å². The predicted octanol–water partition coefficient (Wildman–Crippen LogP) is 3.27. The molecule has 2 nitrogen and oxygen atoms in total. The van der Waals surface area contributed by atoms with Crippen LogP contribution in [0.25, 0.3) is 0 Å². The average molecular weight is 272 g/mol. The van der Waals surface area contributed by atoms with E-state index in [2.05, 4.69) is 5.43 Å². The largest absolute Gasteiger partial charge is 0.416 e. The number of halogens is 3. The van der Waals surface area contributed by atoms with Crippen LogP contribution in [0.5, 0.6) is 0 Å². The van der Waals surface area contributed by atoms with E-state index in [4.69, 9.17) is 5.84 Å². The third-order valence-corrected chi connectivity index (χ3v) is 3.81. The molecular weight excluding hydrogens is 253 g/mol. The first kappa shape index (κ1) is 14.3. The average Bonchev–Trinajstić information content (AvgIpc) is 2.31. The van der Waals surface area contributed by atoms with Crippen molar-refractivity contribution in [2.75, 3.05) is 0 Å². The fourth-order valence-electron chi connectivity index (χ4n) is 2.50. The van der Waals surface area contributed by atoms with Crippen molar-refractivity contribution in [2.24, 2.45) is 11.8 Å². The van der Waals surface area contributed by atoms with Gasteiger partial charge in [-0.15, -0.1) is 0 Å². The molecule has 2 rings (SSSR count). The van der Waals surface area contributed by atoms with Crippen LogP contribution in [0.15, 0.2) is 24.3 Å². The van der Waals surface area contributed by atoms with E-state index < -0.39 is 11.7 Å². The molecule has 3 N–H and O–H groups in total. The Kier molecular flexibility index (Phi) is 4.47. The molecule has 0 aromatic heterocycles. The molecule has 0 saturated heterocycles. The Balaban J connectivity index is 2.00. The maximum atomic E-state index is 12.6. The number of hydrazine groups is 1. The lowest BCUT2D eigenvalue weighted by atomic mass is 9.80. The third-order valence-electron chi connectivity index (χ3n) is 3.81. The topological polar surface area (TPSA) is 38.0 Å². The molecular formula is C14H19F3N2. The van der Waals surface area contributed by atoms with Gasteiger partial charge in [-0.1, -0.05) is 37.5 Å². The molecule has 1 aliphatic rings. The molecule has 0 amide bonds. The van der Waals surface area contributed by atoms with Gasteiger partial charge < -0.3 is 0 Å². The van der Waals surface area contributed by atoms with Crippen molar-refractivity contribution in [3.05, 3.63) is 35.4 Å². The molecule has 0 bridgehead atoms. The van der Waals surface area contributed by atoms with Crippen LogP contribution in [0.1, 0.15) is 36.8 Å². The summed E-state index contributed by atoms with van der Waals surface area (Å²) in [5.74, 6) is 6.17. The van der Waals surface area contributed by atoms with Crippen LogP contribution in [-0.4, -0.2) is 6.04 Å². The van der Waals surface area contributed by atoms with E-state index in [1.807, 2.05) is 0 Å². The normalized spacial score (nSPS) is 18.1. The number of benzene rings is 1. The standard InChI is InChI=1S/C14H19F3N2/c15-14(16,17)12-6-2-5-11(7-12)9-13(19-18)8-10-3-1-4-10/h2,5-7,10,13,19H,1,3-4,8-9,18H2. The molecule has 1 atom stereocenters. The highest BCUT2D eigenvalue weighted by Crippen LogP contribution is 2.32. The van der Waals surface area contributed by atoms with Crippen molar-refractivity contribution in [3.63, 3.8) is 0 Å². The highest BCUT2D eigenvalue weighted by Gasteiger charge is 2.30. The van der Waals surface area contributed by atoms with E-state index in [9.17, 15) is 13.2 Å². The molecule has 0 aliphatic heterocycles. The molecule has 106 valence electrons. The van der Waals surface area contributed by atoms with Crippen LogP contribution in [-0.2, 0) is 12.6 Å². The minimum atomic E-state index is -4.28. The van der Waals surface area contributed by atoms with E-state index >= 15 is 0 Å². The van der Waals surface area contributed by atoms with E-state index in [0.717, 1.165) is 12.5 Å². The van der Waals surface area contributed by atoms with Gasteiger partial charge in [0.05, 0.1) is 5.56 Å². The number of rotatable bonds is 5. The molecule has 19 heavy (non-hydrogen) atoms. The van der Waals surface area contributed by atoms with Gasteiger partial charge in [-0.2, -0.15) is 13.2 Å². The van der Waals surface area contributed by atoms with Gasteiger partial charge in [0.15, 0.2) is 0 Å². The molecule has 1 fully saturated rings. The minimum absolute atomic E-state index is 0.0498. The lowest BCUT2D eigenvalue weighted by Crippen LogP contribution is -2.39. The van der Waals surface area contributed by atoms with E-state index in [-0.39, 0.29) is 6.04 Å². The van der Waals surface area contributed by atoms with Crippen LogP contribution in [0, 0.1) is 5.92 Å². The van der Waals surface area contributed by atoms with E-state index in [0.29, 0.717) is 17.9 Å². The van der Waals surface area contributed by atoms with E-state index in [1.54, 1.807) is 6.07 Å². The van der Waals surface area contributed by atoms with Gasteiger partial charge in [-0.25, -0.2) is 0 Å². The number of nitrogens with two attached hydrogens (primary N) is 1. The van der Waals surface area contributed by atoms with Crippen LogP contribution in [0.2, 0.25) is 0 Å². The summed E-state index contributed by atoms with van der Waals surface area (Å²) in [5.41, 5.74) is 2.81. The summed E-state index contributed by atoms with van der Waals surface area (Å²) >= 11 is 0. The Morgan fingerprint density at radius 1 is 1.32 bits per heavy atom. The van der Waals surface area contributed by atoms with Gasteiger partial charge in [-0.3, -0.25) is 11.3 Å². The smallest absolute Gasteiger partial charge is 0.271 e. The molecule has 5 heteroatoms. The Labute approximate surface area is 111 Å². The monoisotopic (exact) mass is 272 g/mol. The molecule has 1 unspecified atom stereocenters. The first-order chi connectivity index (χ1) is 8.99. The van der Waals surface area contributed by atoms with Crippen LogP contribution in [0.3, 0.4) is 0 Å². The Morgan fingerprint density at radius 2 is 2.05 bits per heavy atom. The van der Waals surface area contributed by atoms with Gasteiger partial charge in [0.25, 0.3) is 0 Å². The van der Waals surface area contributed by atoms with Crippen molar-refractivity contribution < 1.29 is 13.2 Å². The van der Waals surface area contributed by atoms with Crippen LogP contribution < -0.4 is 11.3 Å². The second kappa shape index (κ2) is 5.92. The summed E-state index contributed by atoms with van der Waals surface area (Å²) < 4.78 is 37.9. The quantitative estimate of drug-likeness (QED) is 0.637. The van der Waals surface area contributed by atoms with Gasteiger partial charge in [0.1, 0.15) is 0 Å². The van der Waals surface area contributed by atoms with E-state index in [1.165, 1.54) is 31.4 Å². The van der Waals surface area contributed by atoms with Crippen molar-refractivity contribution >= 4 is 0 Å². The summed E-state index contributed by atoms with van der Waals surface area (Å²) in [6.45, 7) is 0. The Bertz CT molecular complexity index is 413. The highest BCUT2D eigenvalue weighted by molar-refractivity contribution is 5.26. The first-order valence-corrected chi connectivity index (χ1v) is 6.61. The zero-order valence-corrected chi connectivity index (χ0v) is 10.7. The molecule has 0 heterocycles. The Hall–Kier alpha value is -1.07. The number of hydrogen-bond donors (Lipinski definition) is 2. The van der Waals surface area contributed by atoms with Crippen LogP contribution >= 0.6 is 0 Å². The van der Waals surface area contributed by atoms with Crippen molar-refractivity contribution in [1.82, 2.24) is 5.43 Å². The maximum absolute atomic E-state index is 12.6. The first-order valence-electron chi connectivity index (χ1n) is 6.61. The second-order valence-electron chi connectivity index (χ2n) is 5.30. The molecule has 0 spiro atoms. The molecule has 1 aliphatic carbocycles. The number of hydrogen-bond acceptors (Lipinski definition) is 2. The molecule has 0 radical (unpaired) electrons. The van der Waals surface area contributed by atoms with Crippen molar-refractivity contribution in [1.29, 1.82) is 0 Å². The summed E-state index contributed by atoms with van der Waals surface area (Å²) in [5, 5.41) is 0. The summed E-state index contributed by atoms with van der Waals surface area (Å²) in [6.07, 6.45) is 0.867. The lowest BCUT2D eigenvalue weighted by Gasteiger charge is -2.29. The fraction of sp³-hybridized carbons (Fsp3) is 0.571. The van der Waals surface area contributed by atoms with Gasteiger partial charge in [0, 0.05) is 6.04 Å². The maximum Gasteiger partial charge on any atom is 0.416 e. The number of nitrogens with one attached hydrogen (secondary N) is 1. The summed E-state index contributed by atoms with van der Waals surface area (Å²) in [6, 6.07) is 5.54.